The predicted octanol–water partition coefficient (Wildman–Crippen LogP) is -2.39. The number of carbonyl (C=O) groups is 8. The van der Waals surface area contributed by atoms with Crippen LogP contribution in [0.25, 0.3) is 10.9 Å². The molecule has 0 fully saturated rings. The highest BCUT2D eigenvalue weighted by Gasteiger charge is 2.33. The molecule has 23 heteroatoms. The summed E-state index contributed by atoms with van der Waals surface area (Å²) < 4.78 is 0. The van der Waals surface area contributed by atoms with Crippen molar-refractivity contribution in [2.75, 3.05) is 25.1 Å². The van der Waals surface area contributed by atoms with E-state index in [1.54, 1.807) is 18.5 Å². The number of hydrogen-bond donors (Lipinski definition) is 13. The van der Waals surface area contributed by atoms with Gasteiger partial charge in [0.05, 0.1) is 6.04 Å². The molecular formula is C38H60N12O10S. The van der Waals surface area contributed by atoms with Crippen LogP contribution in [0.4, 0.5) is 0 Å². The number of amides is 6. The van der Waals surface area contributed by atoms with Crippen molar-refractivity contribution >= 4 is 76.0 Å². The fourth-order valence-electron chi connectivity index (χ4n) is 6.09. The number of fused-ring (bicyclic) bond motifs is 1. The van der Waals surface area contributed by atoms with Gasteiger partial charge in [0.2, 0.25) is 35.4 Å². The maximum Gasteiger partial charge on any atom is 0.326 e. The van der Waals surface area contributed by atoms with Gasteiger partial charge in [-0.25, -0.2) is 4.79 Å². The van der Waals surface area contributed by atoms with Crippen LogP contribution in [0.5, 0.6) is 0 Å². The van der Waals surface area contributed by atoms with Crippen LogP contribution in [0, 0.1) is 0 Å². The number of hydrogen-bond acceptors (Lipinski definition) is 12. The molecule has 6 atom stereocenters. The maximum atomic E-state index is 14.1. The third kappa shape index (κ3) is 18.9. The van der Waals surface area contributed by atoms with Crippen LogP contribution in [0.2, 0.25) is 0 Å². The molecule has 0 aliphatic rings. The van der Waals surface area contributed by atoms with Gasteiger partial charge in [-0.15, -0.1) is 0 Å². The second-order valence-electron chi connectivity index (χ2n) is 14.3. The van der Waals surface area contributed by atoms with Gasteiger partial charge in [0.15, 0.2) is 5.96 Å². The number of H-pyrrole nitrogens is 1. The van der Waals surface area contributed by atoms with Gasteiger partial charge in [-0.1, -0.05) is 18.2 Å². The normalized spacial score (nSPS) is 14.0. The van der Waals surface area contributed by atoms with Crippen molar-refractivity contribution in [1.29, 1.82) is 0 Å². The Bertz CT molecular complexity index is 1840. The predicted molar refractivity (Wildman–Crippen MR) is 228 cm³/mol. The zero-order valence-electron chi connectivity index (χ0n) is 34.2. The van der Waals surface area contributed by atoms with Crippen LogP contribution in [0.3, 0.4) is 0 Å². The number of carbonyl (C=O) groups excluding carboxylic acids is 6. The summed E-state index contributed by atoms with van der Waals surface area (Å²) in [6, 6.07) is -0.877. The molecule has 0 bridgehead atoms. The molecule has 18 N–H and O–H groups in total. The van der Waals surface area contributed by atoms with Crippen LogP contribution < -0.4 is 55.3 Å². The van der Waals surface area contributed by atoms with Crippen molar-refractivity contribution < 1.29 is 48.6 Å². The highest BCUT2D eigenvalue weighted by molar-refractivity contribution is 7.98. The van der Waals surface area contributed by atoms with Crippen molar-refractivity contribution in [2.24, 2.45) is 33.7 Å². The average Bonchev–Trinajstić information content (AvgIpc) is 3.62. The van der Waals surface area contributed by atoms with Crippen molar-refractivity contribution in [2.45, 2.75) is 107 Å². The molecular weight excluding hydrogens is 817 g/mol. The zero-order chi connectivity index (χ0) is 45.5. The molecule has 1 aromatic heterocycles. The number of unbranched alkanes of at least 4 members (excludes halogenated alkanes) is 1. The number of guanidine groups is 1. The number of primary amides is 1. The molecule has 6 amide bonds. The lowest BCUT2D eigenvalue weighted by molar-refractivity contribution is -0.142. The standard InChI is InChI=1S/C38H60N12O10S/c1-61-18-15-27(35(57)49-28(37(59)60)10-4-5-16-39)48-34(56)26(12-14-31(52)53)46-33(55)25(11-13-30(41)51)47-36(58)29(19-21-20-45-24-9-3-2-7-22(21)24)50-32(54)23(40)8-6-17-44-38(42)43/h2-3,7,9,20,23,25-29,45H,4-6,8,10-19,39-40H2,1H3,(H2,41,51)(H,46,55)(H,47,58)(H,48,56)(H,49,57)(H,50,54)(H,52,53)(H,59,60)(H4,42,43,44). The lowest BCUT2D eigenvalue weighted by atomic mass is 10.0. The second-order valence-corrected chi connectivity index (χ2v) is 15.3. The van der Waals surface area contributed by atoms with Crippen molar-refractivity contribution in [3.63, 3.8) is 0 Å². The number of nitrogens with two attached hydrogens (primary N) is 5. The number of benzene rings is 1. The monoisotopic (exact) mass is 876 g/mol. The van der Waals surface area contributed by atoms with Gasteiger partial charge in [-0.2, -0.15) is 11.8 Å². The number of nitrogens with one attached hydrogen (secondary N) is 6. The Labute approximate surface area is 357 Å². The Morgan fingerprint density at radius 3 is 1.82 bits per heavy atom. The highest BCUT2D eigenvalue weighted by atomic mass is 32.2. The fraction of sp³-hybridized carbons (Fsp3) is 0.553. The molecule has 61 heavy (non-hydrogen) atoms. The molecule has 6 unspecified atom stereocenters. The van der Waals surface area contributed by atoms with E-state index in [2.05, 4.69) is 36.6 Å². The number of aliphatic carboxylic acids is 2. The molecule has 0 aliphatic heterocycles. The van der Waals surface area contributed by atoms with Gasteiger partial charge in [-0.3, -0.25) is 38.6 Å². The molecule has 1 heterocycles. The zero-order valence-corrected chi connectivity index (χ0v) is 35.0. The smallest absolute Gasteiger partial charge is 0.326 e. The summed E-state index contributed by atoms with van der Waals surface area (Å²) in [5.41, 5.74) is 29.1. The number of carboxylic acids is 2. The van der Waals surface area contributed by atoms with E-state index in [1.165, 1.54) is 11.8 Å². The Morgan fingerprint density at radius 2 is 1.26 bits per heavy atom. The summed E-state index contributed by atoms with van der Waals surface area (Å²) in [5, 5.41) is 32.5. The highest BCUT2D eigenvalue weighted by Crippen LogP contribution is 2.20. The Hall–Kier alpha value is -5.94. The summed E-state index contributed by atoms with van der Waals surface area (Å²) in [7, 11) is 0. The molecule has 2 rings (SSSR count). The van der Waals surface area contributed by atoms with Gasteiger partial charge in [0, 0.05) is 42.9 Å². The number of nitrogens with zero attached hydrogens (tertiary/aromatic N) is 1. The van der Waals surface area contributed by atoms with E-state index >= 15 is 0 Å². The lowest BCUT2D eigenvalue weighted by Gasteiger charge is -2.27. The lowest BCUT2D eigenvalue weighted by Crippen LogP contribution is -2.59. The van der Waals surface area contributed by atoms with Crippen molar-refractivity contribution in [1.82, 2.24) is 31.6 Å². The first-order chi connectivity index (χ1) is 29.0. The van der Waals surface area contributed by atoms with E-state index in [9.17, 15) is 48.6 Å². The Kier molecular flexibility index (Phi) is 22.7. The first-order valence-corrected chi connectivity index (χ1v) is 21.2. The Balaban J connectivity index is 2.39. The van der Waals surface area contributed by atoms with Crippen LogP contribution in [-0.4, -0.2) is 130 Å². The van der Waals surface area contributed by atoms with Gasteiger partial charge in [-0.05, 0) is 81.5 Å². The number of para-hydroxylation sites is 1. The maximum absolute atomic E-state index is 14.1. The minimum Gasteiger partial charge on any atom is -0.481 e. The number of aliphatic imine (C=N–C) groups is 1. The fourth-order valence-corrected chi connectivity index (χ4v) is 6.57. The van der Waals surface area contributed by atoms with Gasteiger partial charge in [0.25, 0.3) is 0 Å². The summed E-state index contributed by atoms with van der Waals surface area (Å²) in [6.45, 7) is 0.529. The number of thioether (sulfide) groups is 1. The molecule has 0 spiro atoms. The SMILES string of the molecule is CSCCC(NC(=O)C(CCC(=O)O)NC(=O)C(CCC(N)=O)NC(=O)C(Cc1c[nH]c2ccccc12)NC(=O)C(N)CCCN=C(N)N)C(=O)NC(CCCCN)C(=O)O. The summed E-state index contributed by atoms with van der Waals surface area (Å²) in [5.74, 6) is -7.55. The molecule has 0 saturated heterocycles. The van der Waals surface area contributed by atoms with E-state index in [-0.39, 0.29) is 44.6 Å². The summed E-state index contributed by atoms with van der Waals surface area (Å²) in [4.78, 5) is 111. The average molecular weight is 877 g/mol. The molecule has 0 saturated carbocycles. The van der Waals surface area contributed by atoms with Crippen molar-refractivity contribution in [3.05, 3.63) is 36.0 Å². The van der Waals surface area contributed by atoms with E-state index in [0.717, 1.165) is 10.9 Å². The molecule has 338 valence electrons. The molecule has 1 aromatic carbocycles. The number of aromatic amines is 1. The minimum atomic E-state index is -1.58. The third-order valence-electron chi connectivity index (χ3n) is 9.43. The number of carboxylic acid groups (broad SMARTS) is 2. The minimum absolute atomic E-state index is 0.0498. The number of aromatic nitrogens is 1. The molecule has 0 aliphatic carbocycles. The second kappa shape index (κ2) is 27.0. The van der Waals surface area contributed by atoms with E-state index in [0.29, 0.717) is 37.1 Å². The van der Waals surface area contributed by atoms with Crippen LogP contribution in [0.1, 0.15) is 69.8 Å². The third-order valence-corrected chi connectivity index (χ3v) is 10.1. The van der Waals surface area contributed by atoms with E-state index in [4.69, 9.17) is 28.7 Å². The molecule has 2 aromatic rings. The quantitative estimate of drug-likeness (QED) is 0.0221. The van der Waals surface area contributed by atoms with Crippen LogP contribution in [0.15, 0.2) is 35.5 Å². The molecule has 22 nitrogen and oxygen atoms in total. The first-order valence-electron chi connectivity index (χ1n) is 19.8. The van der Waals surface area contributed by atoms with E-state index in [1.807, 2.05) is 18.2 Å². The Morgan fingerprint density at radius 1 is 0.705 bits per heavy atom. The van der Waals surface area contributed by atoms with Crippen LogP contribution in [-0.2, 0) is 44.8 Å². The van der Waals surface area contributed by atoms with E-state index < -0.39 is 103 Å². The van der Waals surface area contributed by atoms with Crippen molar-refractivity contribution in [3.8, 4) is 0 Å². The van der Waals surface area contributed by atoms with Gasteiger partial charge in [0.1, 0.15) is 30.2 Å². The van der Waals surface area contributed by atoms with Gasteiger partial charge < -0.3 is 70.4 Å². The summed E-state index contributed by atoms with van der Waals surface area (Å²) in [6.07, 6.45) is 3.07. The topological polar surface area (TPSA) is 395 Å². The number of rotatable bonds is 30. The van der Waals surface area contributed by atoms with Crippen LogP contribution >= 0.6 is 11.8 Å². The first kappa shape index (κ1) is 51.2. The van der Waals surface area contributed by atoms with Gasteiger partial charge >= 0.3 is 11.9 Å². The largest absolute Gasteiger partial charge is 0.481 e. The summed E-state index contributed by atoms with van der Waals surface area (Å²) >= 11 is 1.35. The molecule has 0 radical (unpaired) electrons.